The molecule has 0 aliphatic heterocycles. The zero-order valence-corrected chi connectivity index (χ0v) is 8.99. The van der Waals surface area contributed by atoms with Crippen molar-refractivity contribution in [3.8, 4) is 0 Å². The summed E-state index contributed by atoms with van der Waals surface area (Å²) in [7, 11) is 0. The highest BCUT2D eigenvalue weighted by Crippen LogP contribution is 2.17. The molecule has 7 heteroatoms. The molecule has 5 N–H and O–H groups in total. The van der Waals surface area contributed by atoms with E-state index in [-0.39, 0.29) is 0 Å². The van der Waals surface area contributed by atoms with Gasteiger partial charge in [0, 0.05) is 6.92 Å². The molecule has 0 unspecified atom stereocenters. The van der Waals surface area contributed by atoms with Crippen LogP contribution < -0.4 is 0 Å². The van der Waals surface area contributed by atoms with Crippen molar-refractivity contribution in [2.24, 2.45) is 0 Å². The van der Waals surface area contributed by atoms with Crippen LogP contribution in [0, 0.1) is 0 Å². The van der Waals surface area contributed by atoms with Crippen molar-refractivity contribution < 1.29 is 35.1 Å². The lowest BCUT2D eigenvalue weighted by atomic mass is 9.87. The average Bonchev–Trinajstić information content (AvgIpc) is 2.24. The lowest BCUT2D eigenvalue weighted by Crippen LogP contribution is -2.57. The number of Topliss-reactive ketones (excluding diaryl/α,β-unsaturated/α-hetero) is 2. The summed E-state index contributed by atoms with van der Waals surface area (Å²) in [6, 6.07) is 0. The lowest BCUT2D eigenvalue weighted by molar-refractivity contribution is -0.172. The van der Waals surface area contributed by atoms with Crippen LogP contribution in [0.1, 0.15) is 13.8 Å². The van der Waals surface area contributed by atoms with Crippen molar-refractivity contribution in [1.82, 2.24) is 0 Å². The van der Waals surface area contributed by atoms with E-state index in [0.717, 1.165) is 13.8 Å². The first-order chi connectivity index (χ1) is 7.16. The van der Waals surface area contributed by atoms with Crippen LogP contribution in [-0.4, -0.2) is 67.6 Å². The van der Waals surface area contributed by atoms with E-state index < -0.39 is 42.1 Å². The summed E-state index contributed by atoms with van der Waals surface area (Å²) in [4.78, 5) is 21.9. The summed E-state index contributed by atoms with van der Waals surface area (Å²) in [5.74, 6) is -2.28. The van der Waals surface area contributed by atoms with Crippen LogP contribution in [-0.2, 0) is 9.59 Å². The Morgan fingerprint density at radius 1 is 1.25 bits per heavy atom. The van der Waals surface area contributed by atoms with E-state index in [0.29, 0.717) is 0 Å². The van der Waals surface area contributed by atoms with E-state index in [1.54, 1.807) is 0 Å². The molecule has 0 bridgehead atoms. The number of hydrogen-bond acceptors (Lipinski definition) is 7. The van der Waals surface area contributed by atoms with E-state index in [4.69, 9.17) is 10.2 Å². The van der Waals surface area contributed by atoms with Gasteiger partial charge in [0.05, 0.1) is 6.61 Å². The minimum absolute atomic E-state index is 0.842. The standard InChI is InChI=1S/C9H16O7/c1-4(11)7(14)9(2,16)8(15)6(13)5(12)3-10/h5-6,8,10,12-13,15-16H,3H2,1-2H3/t5-,6-,8+,9+/m1/s1. The molecule has 0 heterocycles. The van der Waals surface area contributed by atoms with Crippen LogP contribution in [0.5, 0.6) is 0 Å². The third-order valence-corrected chi connectivity index (χ3v) is 2.26. The molecule has 0 fully saturated rings. The molecule has 0 spiro atoms. The Hall–Kier alpha value is -0.860. The second-order valence-corrected chi connectivity index (χ2v) is 3.72. The SMILES string of the molecule is CC(=O)C(=O)[C@](C)(O)[C@@H](O)[C@H](O)[C@H](O)CO. The van der Waals surface area contributed by atoms with E-state index in [1.165, 1.54) is 0 Å². The number of aliphatic hydroxyl groups excluding tert-OH is 4. The van der Waals surface area contributed by atoms with Crippen LogP contribution in [0.3, 0.4) is 0 Å². The Labute approximate surface area is 92.0 Å². The van der Waals surface area contributed by atoms with Crippen LogP contribution in [0.25, 0.3) is 0 Å². The largest absolute Gasteiger partial charge is 0.394 e. The van der Waals surface area contributed by atoms with Crippen molar-refractivity contribution in [3.05, 3.63) is 0 Å². The molecule has 0 saturated heterocycles. The van der Waals surface area contributed by atoms with E-state index in [1.807, 2.05) is 0 Å². The molecule has 0 rings (SSSR count). The second kappa shape index (κ2) is 5.46. The number of rotatable bonds is 6. The van der Waals surface area contributed by atoms with Crippen molar-refractivity contribution in [1.29, 1.82) is 0 Å². The van der Waals surface area contributed by atoms with Gasteiger partial charge in [-0.1, -0.05) is 0 Å². The molecule has 94 valence electrons. The Kier molecular flexibility index (Phi) is 5.17. The van der Waals surface area contributed by atoms with Gasteiger partial charge in [-0.05, 0) is 6.92 Å². The fourth-order valence-corrected chi connectivity index (χ4v) is 1.14. The zero-order chi connectivity index (χ0) is 13.1. The normalized spacial score (nSPS) is 20.7. The number of carbonyl (C=O) groups excluding carboxylic acids is 2. The topological polar surface area (TPSA) is 135 Å². The van der Waals surface area contributed by atoms with Crippen LogP contribution in [0.15, 0.2) is 0 Å². The van der Waals surface area contributed by atoms with Gasteiger partial charge in [0.25, 0.3) is 0 Å². The first kappa shape index (κ1) is 15.1. The molecular formula is C9H16O7. The van der Waals surface area contributed by atoms with Gasteiger partial charge in [-0.15, -0.1) is 0 Å². The van der Waals surface area contributed by atoms with Gasteiger partial charge in [0.2, 0.25) is 5.78 Å². The van der Waals surface area contributed by atoms with Gasteiger partial charge in [-0.2, -0.15) is 0 Å². The monoisotopic (exact) mass is 236 g/mol. The Morgan fingerprint density at radius 2 is 1.69 bits per heavy atom. The molecule has 0 aliphatic carbocycles. The van der Waals surface area contributed by atoms with Gasteiger partial charge in [-0.3, -0.25) is 9.59 Å². The highest BCUT2D eigenvalue weighted by molar-refractivity contribution is 6.39. The molecule has 0 amide bonds. The fourth-order valence-electron chi connectivity index (χ4n) is 1.14. The van der Waals surface area contributed by atoms with Gasteiger partial charge < -0.3 is 25.5 Å². The van der Waals surface area contributed by atoms with Gasteiger partial charge in [0.1, 0.15) is 18.3 Å². The molecule has 0 aromatic rings. The lowest BCUT2D eigenvalue weighted by Gasteiger charge is -2.31. The minimum Gasteiger partial charge on any atom is -0.394 e. The summed E-state index contributed by atoms with van der Waals surface area (Å²) < 4.78 is 0. The van der Waals surface area contributed by atoms with Crippen molar-refractivity contribution in [2.45, 2.75) is 37.8 Å². The summed E-state index contributed by atoms with van der Waals surface area (Å²) >= 11 is 0. The summed E-state index contributed by atoms with van der Waals surface area (Å²) in [6.07, 6.45) is -5.74. The molecule has 0 aliphatic rings. The molecule has 0 saturated carbocycles. The summed E-state index contributed by atoms with van der Waals surface area (Å²) in [5.41, 5.74) is -2.51. The van der Waals surface area contributed by atoms with Crippen molar-refractivity contribution in [2.75, 3.05) is 6.61 Å². The Balaban J connectivity index is 4.88. The molecule has 0 radical (unpaired) electrons. The fraction of sp³-hybridized carbons (Fsp3) is 0.778. The molecule has 16 heavy (non-hydrogen) atoms. The third-order valence-electron chi connectivity index (χ3n) is 2.26. The first-order valence-electron chi connectivity index (χ1n) is 4.59. The smallest absolute Gasteiger partial charge is 0.231 e. The second-order valence-electron chi connectivity index (χ2n) is 3.72. The maximum absolute atomic E-state index is 11.2. The molecule has 0 aromatic heterocycles. The van der Waals surface area contributed by atoms with Gasteiger partial charge in [-0.25, -0.2) is 0 Å². The Bertz CT molecular complexity index is 273. The van der Waals surface area contributed by atoms with E-state index in [2.05, 4.69) is 0 Å². The van der Waals surface area contributed by atoms with Crippen LogP contribution in [0.4, 0.5) is 0 Å². The van der Waals surface area contributed by atoms with Crippen molar-refractivity contribution in [3.63, 3.8) is 0 Å². The maximum atomic E-state index is 11.2. The Morgan fingerprint density at radius 3 is 2.00 bits per heavy atom. The number of hydrogen-bond donors (Lipinski definition) is 5. The van der Waals surface area contributed by atoms with Crippen LogP contribution in [0.2, 0.25) is 0 Å². The predicted octanol–water partition coefficient (Wildman–Crippen LogP) is -3.03. The number of carbonyl (C=O) groups is 2. The predicted molar refractivity (Wildman–Crippen MR) is 51.4 cm³/mol. The third kappa shape index (κ3) is 3.06. The van der Waals surface area contributed by atoms with Gasteiger partial charge in [0.15, 0.2) is 11.4 Å². The van der Waals surface area contributed by atoms with Crippen LogP contribution >= 0.6 is 0 Å². The average molecular weight is 236 g/mol. The number of ketones is 2. The van der Waals surface area contributed by atoms with E-state index >= 15 is 0 Å². The highest BCUT2D eigenvalue weighted by atomic mass is 16.4. The van der Waals surface area contributed by atoms with Gasteiger partial charge >= 0.3 is 0 Å². The molecule has 7 nitrogen and oxygen atoms in total. The molecule has 4 atom stereocenters. The van der Waals surface area contributed by atoms with E-state index in [9.17, 15) is 24.9 Å². The first-order valence-corrected chi connectivity index (χ1v) is 4.59. The molecule has 0 aromatic carbocycles. The summed E-state index contributed by atoms with van der Waals surface area (Å²) in [5, 5.41) is 45.8. The maximum Gasteiger partial charge on any atom is 0.231 e. The quantitative estimate of drug-likeness (QED) is 0.309. The molecular weight excluding hydrogens is 220 g/mol. The summed E-state index contributed by atoms with van der Waals surface area (Å²) in [6.45, 7) is 0.885. The number of aliphatic hydroxyl groups is 5. The minimum atomic E-state index is -2.51. The highest BCUT2D eigenvalue weighted by Gasteiger charge is 2.45. The zero-order valence-electron chi connectivity index (χ0n) is 8.99. The van der Waals surface area contributed by atoms with Crippen molar-refractivity contribution >= 4 is 11.6 Å².